The normalized spacial score (nSPS) is 10.6. The van der Waals surface area contributed by atoms with Crippen molar-refractivity contribution < 1.29 is 4.79 Å². The number of aromatic nitrogens is 2. The summed E-state index contributed by atoms with van der Waals surface area (Å²) >= 11 is 2.60. The van der Waals surface area contributed by atoms with Crippen molar-refractivity contribution in [3.05, 3.63) is 34.8 Å². The topological polar surface area (TPSA) is 119 Å². The van der Waals surface area contributed by atoms with E-state index in [9.17, 15) is 4.79 Å². The highest BCUT2D eigenvalue weighted by molar-refractivity contribution is 7.22. The molecule has 9 heteroatoms. The summed E-state index contributed by atoms with van der Waals surface area (Å²) in [6.45, 7) is 1.98. The Bertz CT molecular complexity index is 878. The van der Waals surface area contributed by atoms with Crippen LogP contribution in [-0.2, 0) is 0 Å². The third-order valence-corrected chi connectivity index (χ3v) is 4.46. The summed E-state index contributed by atoms with van der Waals surface area (Å²) in [6.07, 6.45) is 0. The molecule has 112 valence electrons. The van der Waals surface area contributed by atoms with Gasteiger partial charge in [0.25, 0.3) is 5.91 Å². The van der Waals surface area contributed by atoms with Crippen molar-refractivity contribution in [1.29, 1.82) is 0 Å². The summed E-state index contributed by atoms with van der Waals surface area (Å²) in [5, 5.41) is 5.21. The molecule has 0 radical (unpaired) electrons. The minimum absolute atomic E-state index is 0.0945. The molecule has 1 aromatic carbocycles. The van der Waals surface area contributed by atoms with E-state index in [4.69, 9.17) is 11.5 Å². The molecule has 5 N–H and O–H groups in total. The first-order valence-electron chi connectivity index (χ1n) is 6.25. The second-order valence-corrected chi connectivity index (χ2v) is 6.31. The molecule has 3 aromatic rings. The van der Waals surface area contributed by atoms with Crippen molar-refractivity contribution >= 4 is 55.0 Å². The Morgan fingerprint density at radius 1 is 1.32 bits per heavy atom. The van der Waals surface area contributed by atoms with Gasteiger partial charge in [0.15, 0.2) is 11.1 Å². The Morgan fingerprint density at radius 2 is 2.14 bits per heavy atom. The van der Waals surface area contributed by atoms with Gasteiger partial charge in [-0.15, -0.1) is 11.3 Å². The van der Waals surface area contributed by atoms with Crippen LogP contribution in [0.25, 0.3) is 10.2 Å². The number of nitrogens with one attached hydrogen (secondary N) is 1. The number of aliphatic imine (C=N–C) groups is 1. The quantitative estimate of drug-likeness (QED) is 0.502. The molecule has 0 spiro atoms. The number of para-hydroxylation sites is 1. The van der Waals surface area contributed by atoms with Crippen molar-refractivity contribution in [2.75, 3.05) is 5.32 Å². The Labute approximate surface area is 133 Å². The molecular weight excluding hydrogens is 320 g/mol. The molecule has 0 bridgehead atoms. The van der Waals surface area contributed by atoms with Crippen molar-refractivity contribution in [3.63, 3.8) is 0 Å². The number of carbonyl (C=O) groups is 1. The molecule has 2 aromatic heterocycles. The molecule has 0 unspecified atom stereocenters. The first-order valence-corrected chi connectivity index (χ1v) is 7.95. The number of benzene rings is 1. The van der Waals surface area contributed by atoms with Crippen molar-refractivity contribution in [2.45, 2.75) is 6.92 Å². The number of nitrogens with zero attached hydrogens (tertiary/aromatic N) is 3. The molecule has 7 nitrogen and oxygen atoms in total. The molecule has 3 rings (SSSR count). The molecule has 2 heterocycles. The Morgan fingerprint density at radius 3 is 2.86 bits per heavy atom. The van der Waals surface area contributed by atoms with Crippen molar-refractivity contribution in [1.82, 2.24) is 9.97 Å². The van der Waals surface area contributed by atoms with Crippen LogP contribution in [0.1, 0.15) is 16.1 Å². The minimum Gasteiger partial charge on any atom is -0.370 e. The zero-order valence-electron chi connectivity index (χ0n) is 11.5. The number of aryl methyl sites for hydroxylation is 1. The average Bonchev–Trinajstić information content (AvgIpc) is 3.05. The summed E-state index contributed by atoms with van der Waals surface area (Å²) in [4.78, 5) is 24.4. The summed E-state index contributed by atoms with van der Waals surface area (Å²) in [5.41, 5.74) is 12.8. The fourth-order valence-corrected chi connectivity index (χ4v) is 3.46. The van der Waals surface area contributed by atoms with E-state index in [-0.39, 0.29) is 17.6 Å². The van der Waals surface area contributed by atoms with Gasteiger partial charge in [0.05, 0.1) is 10.2 Å². The zero-order chi connectivity index (χ0) is 15.7. The van der Waals surface area contributed by atoms with Crippen LogP contribution >= 0.6 is 22.7 Å². The van der Waals surface area contributed by atoms with Gasteiger partial charge >= 0.3 is 0 Å². The maximum Gasteiger partial charge on any atom is 0.276 e. The fourth-order valence-electron chi connectivity index (χ4n) is 1.83. The van der Waals surface area contributed by atoms with E-state index >= 15 is 0 Å². The molecule has 0 saturated carbocycles. The number of rotatable bonds is 3. The molecule has 0 atom stereocenters. The Balaban J connectivity index is 1.82. The average molecular weight is 332 g/mol. The van der Waals surface area contributed by atoms with Crippen molar-refractivity contribution in [3.8, 4) is 0 Å². The van der Waals surface area contributed by atoms with Crippen LogP contribution in [-0.4, -0.2) is 21.8 Å². The van der Waals surface area contributed by atoms with E-state index in [1.54, 1.807) is 5.38 Å². The Hall–Kier alpha value is -2.52. The highest BCUT2D eigenvalue weighted by Crippen LogP contribution is 2.28. The molecule has 0 fully saturated rings. The molecule has 0 aliphatic carbocycles. The second kappa shape index (κ2) is 5.70. The molecule has 0 saturated heterocycles. The van der Waals surface area contributed by atoms with E-state index in [0.717, 1.165) is 15.8 Å². The summed E-state index contributed by atoms with van der Waals surface area (Å²) in [6, 6.07) is 5.91. The number of nitrogens with two attached hydrogens (primary N) is 2. The standard InChI is InChI=1S/C13H12N6OS2/c1-6-3-2-4-8-9(6)17-13(22-8)18-10(20)7-5-21-12(16-7)19-11(14)15/h2-5H,1H3,(H,17,18,20)(H4,14,15,16,19). The monoisotopic (exact) mass is 332 g/mol. The third-order valence-electron chi connectivity index (χ3n) is 2.79. The lowest BCUT2D eigenvalue weighted by atomic mass is 10.2. The second-order valence-electron chi connectivity index (χ2n) is 4.45. The van der Waals surface area contributed by atoms with Gasteiger partial charge in [0, 0.05) is 5.38 Å². The zero-order valence-corrected chi connectivity index (χ0v) is 13.2. The predicted octanol–water partition coefficient (Wildman–Crippen LogP) is 2.22. The summed E-state index contributed by atoms with van der Waals surface area (Å²) < 4.78 is 1.02. The summed E-state index contributed by atoms with van der Waals surface area (Å²) in [5.74, 6) is -0.437. The highest BCUT2D eigenvalue weighted by atomic mass is 32.1. The fraction of sp³-hybridized carbons (Fsp3) is 0.0769. The van der Waals surface area contributed by atoms with Gasteiger partial charge in [-0.1, -0.05) is 23.5 Å². The predicted molar refractivity (Wildman–Crippen MR) is 89.9 cm³/mol. The molecule has 0 aliphatic rings. The van der Waals surface area contributed by atoms with E-state index in [1.807, 2.05) is 25.1 Å². The van der Waals surface area contributed by atoms with Crippen molar-refractivity contribution in [2.24, 2.45) is 16.5 Å². The van der Waals surface area contributed by atoms with Gasteiger partial charge in [0.2, 0.25) is 5.13 Å². The Kier molecular flexibility index (Phi) is 3.73. The maximum atomic E-state index is 12.2. The van der Waals surface area contributed by atoms with E-state index < -0.39 is 0 Å². The third kappa shape index (κ3) is 2.90. The first kappa shape index (κ1) is 14.4. The lowest BCUT2D eigenvalue weighted by molar-refractivity contribution is 0.102. The van der Waals surface area contributed by atoms with Gasteiger partial charge in [-0.05, 0) is 18.6 Å². The van der Waals surface area contributed by atoms with Gasteiger partial charge < -0.3 is 11.5 Å². The number of anilines is 1. The van der Waals surface area contributed by atoms with Crippen LogP contribution in [0.5, 0.6) is 0 Å². The lowest BCUT2D eigenvalue weighted by Crippen LogP contribution is -2.21. The summed E-state index contributed by atoms with van der Waals surface area (Å²) in [7, 11) is 0. The molecule has 1 amide bonds. The van der Waals surface area contributed by atoms with Gasteiger partial charge in [-0.2, -0.15) is 4.99 Å². The van der Waals surface area contributed by atoms with Gasteiger partial charge in [-0.25, -0.2) is 9.97 Å². The SMILES string of the molecule is Cc1cccc2sc(NC(=O)c3csc(N=C(N)N)n3)nc12. The van der Waals surface area contributed by atoms with Crippen LogP contribution < -0.4 is 16.8 Å². The number of amides is 1. The number of hydrogen-bond donors (Lipinski definition) is 3. The smallest absolute Gasteiger partial charge is 0.276 e. The van der Waals surface area contributed by atoms with Gasteiger partial charge in [-0.3, -0.25) is 10.1 Å². The number of guanidine groups is 1. The number of hydrogen-bond acceptors (Lipinski definition) is 6. The molecule has 0 aliphatic heterocycles. The maximum absolute atomic E-state index is 12.2. The van der Waals surface area contributed by atoms with E-state index in [0.29, 0.717) is 10.3 Å². The highest BCUT2D eigenvalue weighted by Gasteiger charge is 2.14. The van der Waals surface area contributed by atoms with E-state index in [1.165, 1.54) is 22.7 Å². The number of fused-ring (bicyclic) bond motifs is 1. The van der Waals surface area contributed by atoms with Crippen LogP contribution in [0.2, 0.25) is 0 Å². The lowest BCUT2D eigenvalue weighted by Gasteiger charge is -1.96. The van der Waals surface area contributed by atoms with E-state index in [2.05, 4.69) is 20.3 Å². The van der Waals surface area contributed by atoms with Crippen LogP contribution in [0.15, 0.2) is 28.6 Å². The van der Waals surface area contributed by atoms with Gasteiger partial charge in [0.1, 0.15) is 5.69 Å². The van der Waals surface area contributed by atoms with Crippen LogP contribution in [0, 0.1) is 6.92 Å². The largest absolute Gasteiger partial charge is 0.370 e. The minimum atomic E-state index is -0.343. The molecule has 22 heavy (non-hydrogen) atoms. The first-order chi connectivity index (χ1) is 10.5. The number of carbonyl (C=O) groups excluding carboxylic acids is 1. The number of thiazole rings is 2. The molecular formula is C13H12N6OS2. The van der Waals surface area contributed by atoms with Crippen LogP contribution in [0.3, 0.4) is 0 Å². The van der Waals surface area contributed by atoms with Crippen LogP contribution in [0.4, 0.5) is 10.3 Å².